The third-order valence-corrected chi connectivity index (χ3v) is 13.1. The lowest BCUT2D eigenvalue weighted by atomic mass is 9.75. The summed E-state index contributed by atoms with van der Waals surface area (Å²) in [5.74, 6) is -5.75. The zero-order chi connectivity index (χ0) is 58.5. The molecule has 5 N–H and O–H groups in total. The molecule has 1 unspecified atom stereocenters. The average Bonchev–Trinajstić information content (AvgIpc) is 3.45. The minimum absolute atomic E-state index is 0.0421. The standard InChI is InChI=1S/C55H92BBrN6O13/c1-33(2)30-37(46(68)62-40(26-23-29-57)56-75-54(16,17)55(18,19)76-56)59-47(69)43(50(4,5)6)63(20)48(70)39(31-35-25-22-21-24-34(35)3)60-44(66)36(27-28-41(64)72-51(7,8)9)58-45(67)38(32-42(65)73-52(10,11)12)61-49(71)74-53(13,14)15/h21-22,24-25,33,36-40,43H,23,26-32H2,1-20H3,(H,58,67)(H,59,69)(H,60,66)(H,61,71)(H,62,68)/t36-,37-,38-,39-,40?,43+/m0/s1. The maximum atomic E-state index is 15.2. The Morgan fingerprint density at radius 1 is 0.645 bits per heavy atom. The van der Waals surface area contributed by atoms with Crippen molar-refractivity contribution in [1.82, 2.24) is 31.5 Å². The Morgan fingerprint density at radius 2 is 1.13 bits per heavy atom. The van der Waals surface area contributed by atoms with Crippen molar-refractivity contribution in [2.75, 3.05) is 12.4 Å². The summed E-state index contributed by atoms with van der Waals surface area (Å²) < 4.78 is 29.1. The Labute approximate surface area is 461 Å². The van der Waals surface area contributed by atoms with Gasteiger partial charge in [-0.25, -0.2) is 4.79 Å². The van der Waals surface area contributed by atoms with Crippen molar-refractivity contribution in [3.05, 3.63) is 35.4 Å². The number of ether oxygens (including phenoxy) is 3. The minimum Gasteiger partial charge on any atom is -0.460 e. The van der Waals surface area contributed by atoms with Crippen LogP contribution in [0.15, 0.2) is 24.3 Å². The maximum absolute atomic E-state index is 15.2. The lowest BCUT2D eigenvalue weighted by Gasteiger charge is -2.39. The van der Waals surface area contributed by atoms with Crippen LogP contribution in [0.25, 0.3) is 0 Å². The molecular formula is C55H92BBrN6O13. The van der Waals surface area contributed by atoms with Gasteiger partial charge in [0.25, 0.3) is 0 Å². The summed E-state index contributed by atoms with van der Waals surface area (Å²) in [7, 11) is 0.694. The number of benzene rings is 1. The average molecular weight is 1140 g/mol. The molecule has 21 heteroatoms. The first-order valence-electron chi connectivity index (χ1n) is 26.4. The van der Waals surface area contributed by atoms with Crippen molar-refractivity contribution in [2.24, 2.45) is 11.3 Å². The Kier molecular flexibility index (Phi) is 24.6. The first-order valence-corrected chi connectivity index (χ1v) is 27.6. The molecule has 76 heavy (non-hydrogen) atoms. The first-order chi connectivity index (χ1) is 34.6. The van der Waals surface area contributed by atoms with E-state index in [1.165, 1.54) is 11.9 Å². The molecule has 0 spiro atoms. The fraction of sp³-hybridized carbons (Fsp3) is 0.745. The number of likely N-dealkylation sites (N-methyl/N-ethyl adjacent to an activating group) is 1. The predicted molar refractivity (Wildman–Crippen MR) is 296 cm³/mol. The number of esters is 2. The predicted octanol–water partition coefficient (Wildman–Crippen LogP) is 6.95. The summed E-state index contributed by atoms with van der Waals surface area (Å²) in [4.78, 5) is 114. The quantitative estimate of drug-likeness (QED) is 0.0305. The zero-order valence-electron chi connectivity index (χ0n) is 49.2. The number of hydrogen-bond acceptors (Lipinski definition) is 13. The van der Waals surface area contributed by atoms with E-state index in [1.807, 2.05) is 60.6 Å². The molecule has 1 aliphatic rings. The molecule has 0 radical (unpaired) electrons. The number of aryl methyl sites for hydroxylation is 1. The Bertz CT molecular complexity index is 2130. The second-order valence-corrected chi connectivity index (χ2v) is 26.1. The van der Waals surface area contributed by atoms with Gasteiger partial charge in [-0.1, -0.05) is 74.8 Å². The van der Waals surface area contributed by atoms with Crippen LogP contribution in [0.1, 0.15) is 174 Å². The summed E-state index contributed by atoms with van der Waals surface area (Å²) in [6, 6.07) is 0.466. The number of hydrogen-bond donors (Lipinski definition) is 5. The molecular weight excluding hydrogens is 1040 g/mol. The van der Waals surface area contributed by atoms with Gasteiger partial charge in [-0.05, 0) is 145 Å². The Hall–Kier alpha value is -4.76. The second kappa shape index (κ2) is 27.7. The van der Waals surface area contributed by atoms with Gasteiger partial charge in [-0.2, -0.15) is 0 Å². The van der Waals surface area contributed by atoms with Crippen LogP contribution in [-0.4, -0.2) is 136 Å². The van der Waals surface area contributed by atoms with Gasteiger partial charge in [0.2, 0.25) is 29.5 Å². The number of rotatable bonds is 24. The van der Waals surface area contributed by atoms with Gasteiger partial charge in [-0.15, -0.1) is 0 Å². The number of nitrogens with zero attached hydrogens (tertiary/aromatic N) is 1. The summed E-state index contributed by atoms with van der Waals surface area (Å²) in [6.45, 7) is 33.6. The number of nitrogens with one attached hydrogen (secondary N) is 5. The van der Waals surface area contributed by atoms with Crippen LogP contribution < -0.4 is 26.6 Å². The number of amides is 6. The van der Waals surface area contributed by atoms with E-state index in [0.717, 1.165) is 5.56 Å². The lowest BCUT2D eigenvalue weighted by molar-refractivity contribution is -0.156. The van der Waals surface area contributed by atoms with Gasteiger partial charge in [0, 0.05) is 25.2 Å². The molecule has 0 saturated carbocycles. The van der Waals surface area contributed by atoms with Crippen LogP contribution in [0.3, 0.4) is 0 Å². The molecule has 0 aliphatic carbocycles. The molecule has 1 aromatic rings. The highest BCUT2D eigenvalue weighted by Gasteiger charge is 2.54. The number of carbonyl (C=O) groups is 8. The molecule has 1 fully saturated rings. The van der Waals surface area contributed by atoms with Gasteiger partial charge in [-0.3, -0.25) is 33.6 Å². The molecule has 430 valence electrons. The Balaban J connectivity index is 2.66. The fourth-order valence-corrected chi connectivity index (χ4v) is 8.65. The van der Waals surface area contributed by atoms with E-state index in [4.69, 9.17) is 23.5 Å². The summed E-state index contributed by atoms with van der Waals surface area (Å²) in [5, 5.41) is 14.6. The molecule has 1 heterocycles. The van der Waals surface area contributed by atoms with E-state index in [9.17, 15) is 33.6 Å². The van der Waals surface area contributed by atoms with Crippen LogP contribution in [0.5, 0.6) is 0 Å². The van der Waals surface area contributed by atoms with Crippen LogP contribution in [0.2, 0.25) is 0 Å². The molecule has 0 aromatic heterocycles. The normalized spacial score (nSPS) is 16.9. The highest BCUT2D eigenvalue weighted by atomic mass is 79.9. The van der Waals surface area contributed by atoms with E-state index in [1.54, 1.807) is 95.2 Å². The highest BCUT2D eigenvalue weighted by molar-refractivity contribution is 9.09. The third kappa shape index (κ3) is 22.7. The lowest BCUT2D eigenvalue weighted by Crippen LogP contribution is -2.62. The summed E-state index contributed by atoms with van der Waals surface area (Å²) in [6.07, 6.45) is -0.974. The summed E-state index contributed by atoms with van der Waals surface area (Å²) in [5.41, 5.74) is -3.59. The summed E-state index contributed by atoms with van der Waals surface area (Å²) >= 11 is 3.50. The molecule has 6 amide bonds. The van der Waals surface area contributed by atoms with E-state index in [2.05, 4.69) is 42.5 Å². The Morgan fingerprint density at radius 3 is 1.63 bits per heavy atom. The molecule has 19 nitrogen and oxygen atoms in total. The van der Waals surface area contributed by atoms with Gasteiger partial charge < -0.3 is 55.0 Å². The molecule has 1 saturated heterocycles. The van der Waals surface area contributed by atoms with Gasteiger partial charge in [0.15, 0.2) is 0 Å². The maximum Gasteiger partial charge on any atom is 0.481 e. The molecule has 1 aromatic carbocycles. The van der Waals surface area contributed by atoms with E-state index in [0.29, 0.717) is 23.7 Å². The van der Waals surface area contributed by atoms with Crippen molar-refractivity contribution in [1.29, 1.82) is 0 Å². The van der Waals surface area contributed by atoms with Crippen molar-refractivity contribution < 1.29 is 61.9 Å². The minimum atomic E-state index is -1.62. The van der Waals surface area contributed by atoms with E-state index in [-0.39, 0.29) is 31.6 Å². The largest absolute Gasteiger partial charge is 0.481 e. The molecule has 6 atom stereocenters. The van der Waals surface area contributed by atoms with Gasteiger partial charge in [0.05, 0.1) is 23.6 Å². The third-order valence-electron chi connectivity index (χ3n) is 12.5. The monoisotopic (exact) mass is 1130 g/mol. The van der Waals surface area contributed by atoms with Gasteiger partial charge >= 0.3 is 25.2 Å². The first kappa shape index (κ1) is 67.4. The number of alkyl halides is 1. The number of halogens is 1. The highest BCUT2D eigenvalue weighted by Crippen LogP contribution is 2.38. The van der Waals surface area contributed by atoms with Crippen molar-refractivity contribution in [3.8, 4) is 0 Å². The van der Waals surface area contributed by atoms with Crippen LogP contribution >= 0.6 is 15.9 Å². The van der Waals surface area contributed by atoms with Crippen LogP contribution in [0, 0.1) is 18.3 Å². The number of carbonyl (C=O) groups excluding carboxylic acids is 8. The number of alkyl carbamates (subject to hydrolysis) is 1. The van der Waals surface area contributed by atoms with E-state index >= 15 is 4.79 Å². The zero-order valence-corrected chi connectivity index (χ0v) is 50.8. The van der Waals surface area contributed by atoms with E-state index < -0.39 is 131 Å². The van der Waals surface area contributed by atoms with Crippen LogP contribution in [0.4, 0.5) is 4.79 Å². The van der Waals surface area contributed by atoms with Crippen LogP contribution in [-0.2, 0) is 63.5 Å². The van der Waals surface area contributed by atoms with Crippen molar-refractivity contribution >= 4 is 70.6 Å². The topological polar surface area (TPSA) is 246 Å². The van der Waals surface area contributed by atoms with Gasteiger partial charge in [0.1, 0.15) is 47.0 Å². The molecule has 1 aliphatic heterocycles. The SMILES string of the molecule is Cc1ccccc1C[C@H](NC(=O)[C@H](CCC(=O)OC(C)(C)C)NC(=O)[C@H](CC(=O)OC(C)(C)C)NC(=O)OC(C)(C)C)C(=O)N(C)[C@H](C(=O)N[C@@H](CC(C)C)C(=O)NC(CCCBr)B1OC(C)(C)C(C)(C)O1)C(C)(C)C. The fourth-order valence-electron chi connectivity index (χ4n) is 8.32. The van der Waals surface area contributed by atoms with Crippen molar-refractivity contribution in [2.45, 2.75) is 241 Å². The molecule has 2 rings (SSSR count). The second-order valence-electron chi connectivity index (χ2n) is 25.3. The molecule has 0 bridgehead atoms. The van der Waals surface area contributed by atoms with Crippen molar-refractivity contribution in [3.63, 3.8) is 0 Å². The smallest absolute Gasteiger partial charge is 0.460 e.